The average molecular weight is 363 g/mol. The molecule has 0 unspecified atom stereocenters. The number of hydrogen-bond acceptors (Lipinski definition) is 4. The molecule has 0 atom stereocenters. The van der Waals surface area contributed by atoms with E-state index in [2.05, 4.69) is 16.0 Å². The fourth-order valence-electron chi connectivity index (χ4n) is 2.54. The maximum Gasteiger partial charge on any atom is 0.255 e. The molecule has 0 spiro atoms. The molecule has 0 radical (unpaired) electrons. The molecule has 0 bridgehead atoms. The van der Waals surface area contributed by atoms with Crippen LogP contribution in [-0.2, 0) is 11.3 Å². The van der Waals surface area contributed by atoms with Crippen molar-refractivity contribution in [2.45, 2.75) is 13.5 Å². The smallest absolute Gasteiger partial charge is 0.255 e. The Hall–Kier alpha value is -3.38. The summed E-state index contributed by atoms with van der Waals surface area (Å²) in [6.45, 7) is 2.61. The van der Waals surface area contributed by atoms with Gasteiger partial charge in [-0.3, -0.25) is 9.59 Å². The molecule has 1 aromatic heterocycles. The first-order valence-electron chi connectivity index (χ1n) is 8.61. The molecular weight excluding hydrogens is 342 g/mol. The molecule has 2 aromatic carbocycles. The molecule has 3 aromatic rings. The van der Waals surface area contributed by atoms with Gasteiger partial charge in [-0.05, 0) is 55.5 Å². The second-order valence-corrected chi connectivity index (χ2v) is 6.13. The van der Waals surface area contributed by atoms with Crippen molar-refractivity contribution >= 4 is 23.2 Å². The van der Waals surface area contributed by atoms with Crippen LogP contribution in [0.3, 0.4) is 0 Å². The van der Waals surface area contributed by atoms with E-state index in [1.54, 1.807) is 42.7 Å². The normalized spacial score (nSPS) is 10.4. The third-order valence-corrected chi connectivity index (χ3v) is 3.87. The van der Waals surface area contributed by atoms with Crippen molar-refractivity contribution in [3.63, 3.8) is 0 Å². The molecule has 6 nitrogen and oxygen atoms in total. The Labute approximate surface area is 157 Å². The topological polar surface area (TPSA) is 83.4 Å². The summed E-state index contributed by atoms with van der Waals surface area (Å²) in [5.74, 6) is 0.451. The second kappa shape index (κ2) is 8.82. The van der Waals surface area contributed by atoms with Crippen molar-refractivity contribution in [3.8, 4) is 0 Å². The number of amides is 2. The maximum atomic E-state index is 12.2. The van der Waals surface area contributed by atoms with Gasteiger partial charge < -0.3 is 20.4 Å². The minimum Gasteiger partial charge on any atom is -0.468 e. The number of anilines is 2. The SMILES string of the molecule is Cc1cccc(C(=O)Nc2ccc(NC(=O)CNCc3ccco3)cc2)c1. The van der Waals surface area contributed by atoms with Gasteiger partial charge in [0.15, 0.2) is 0 Å². The van der Waals surface area contributed by atoms with E-state index in [0.29, 0.717) is 23.5 Å². The molecule has 0 aliphatic heterocycles. The van der Waals surface area contributed by atoms with Crippen LogP contribution >= 0.6 is 0 Å². The molecule has 3 N–H and O–H groups in total. The largest absolute Gasteiger partial charge is 0.468 e. The first kappa shape index (κ1) is 18.4. The van der Waals surface area contributed by atoms with Crippen molar-refractivity contribution < 1.29 is 14.0 Å². The van der Waals surface area contributed by atoms with E-state index in [1.165, 1.54) is 0 Å². The van der Waals surface area contributed by atoms with E-state index in [-0.39, 0.29) is 18.4 Å². The van der Waals surface area contributed by atoms with Gasteiger partial charge in [0.25, 0.3) is 5.91 Å². The molecule has 27 heavy (non-hydrogen) atoms. The molecule has 2 amide bonds. The number of carbonyl (C=O) groups excluding carboxylic acids is 2. The third kappa shape index (κ3) is 5.55. The lowest BCUT2D eigenvalue weighted by Crippen LogP contribution is -2.27. The van der Waals surface area contributed by atoms with Gasteiger partial charge in [-0.2, -0.15) is 0 Å². The fraction of sp³-hybridized carbons (Fsp3) is 0.143. The third-order valence-electron chi connectivity index (χ3n) is 3.87. The lowest BCUT2D eigenvalue weighted by Gasteiger charge is -2.09. The van der Waals surface area contributed by atoms with Gasteiger partial charge in [-0.25, -0.2) is 0 Å². The first-order chi connectivity index (χ1) is 13.1. The Morgan fingerprint density at radius 1 is 0.926 bits per heavy atom. The van der Waals surface area contributed by atoms with Crippen LogP contribution in [0.1, 0.15) is 21.7 Å². The molecular formula is C21H21N3O3. The number of aryl methyl sites for hydroxylation is 1. The Morgan fingerprint density at radius 3 is 2.33 bits per heavy atom. The molecule has 138 valence electrons. The van der Waals surface area contributed by atoms with Crippen molar-refractivity contribution in [1.82, 2.24) is 5.32 Å². The predicted molar refractivity (Wildman–Crippen MR) is 105 cm³/mol. The van der Waals surface area contributed by atoms with Crippen molar-refractivity contribution in [3.05, 3.63) is 83.8 Å². The lowest BCUT2D eigenvalue weighted by atomic mass is 10.1. The molecule has 0 saturated heterocycles. The van der Waals surface area contributed by atoms with Crippen LogP contribution in [0.2, 0.25) is 0 Å². The quantitative estimate of drug-likeness (QED) is 0.599. The van der Waals surface area contributed by atoms with Crippen LogP contribution in [-0.4, -0.2) is 18.4 Å². The van der Waals surface area contributed by atoms with Gasteiger partial charge in [0.05, 0.1) is 19.4 Å². The van der Waals surface area contributed by atoms with E-state index in [4.69, 9.17) is 4.42 Å². The molecule has 1 heterocycles. The van der Waals surface area contributed by atoms with E-state index in [9.17, 15) is 9.59 Å². The van der Waals surface area contributed by atoms with Gasteiger partial charge in [0, 0.05) is 16.9 Å². The monoisotopic (exact) mass is 363 g/mol. The summed E-state index contributed by atoms with van der Waals surface area (Å²) >= 11 is 0. The number of carbonyl (C=O) groups is 2. The summed E-state index contributed by atoms with van der Waals surface area (Å²) in [5.41, 5.74) is 2.96. The van der Waals surface area contributed by atoms with Gasteiger partial charge in [-0.15, -0.1) is 0 Å². The fourth-order valence-corrected chi connectivity index (χ4v) is 2.54. The molecule has 0 aliphatic rings. The molecule has 0 fully saturated rings. The number of hydrogen-bond donors (Lipinski definition) is 3. The zero-order chi connectivity index (χ0) is 19.1. The second-order valence-electron chi connectivity index (χ2n) is 6.13. The van der Waals surface area contributed by atoms with Crippen molar-refractivity contribution in [2.75, 3.05) is 17.2 Å². The Bertz CT molecular complexity index is 903. The van der Waals surface area contributed by atoms with Gasteiger partial charge >= 0.3 is 0 Å². The van der Waals surface area contributed by atoms with Gasteiger partial charge in [0.2, 0.25) is 5.91 Å². The van der Waals surface area contributed by atoms with Crippen LogP contribution in [0.15, 0.2) is 71.3 Å². The number of nitrogens with one attached hydrogen (secondary N) is 3. The average Bonchev–Trinajstić information content (AvgIpc) is 3.17. The summed E-state index contributed by atoms with van der Waals surface area (Å²) in [7, 11) is 0. The number of rotatable bonds is 7. The summed E-state index contributed by atoms with van der Waals surface area (Å²) < 4.78 is 5.19. The highest BCUT2D eigenvalue weighted by Gasteiger charge is 2.07. The highest BCUT2D eigenvalue weighted by atomic mass is 16.3. The van der Waals surface area contributed by atoms with E-state index in [0.717, 1.165) is 11.3 Å². The van der Waals surface area contributed by atoms with Crippen LogP contribution in [0.4, 0.5) is 11.4 Å². The zero-order valence-electron chi connectivity index (χ0n) is 15.0. The van der Waals surface area contributed by atoms with E-state index in [1.807, 2.05) is 31.2 Å². The van der Waals surface area contributed by atoms with Crippen molar-refractivity contribution in [2.24, 2.45) is 0 Å². The zero-order valence-corrected chi connectivity index (χ0v) is 15.0. The van der Waals surface area contributed by atoms with Crippen LogP contribution in [0.5, 0.6) is 0 Å². The molecule has 0 aliphatic carbocycles. The van der Waals surface area contributed by atoms with Crippen molar-refractivity contribution in [1.29, 1.82) is 0 Å². The minimum absolute atomic E-state index is 0.155. The number of furan rings is 1. The van der Waals surface area contributed by atoms with E-state index < -0.39 is 0 Å². The summed E-state index contributed by atoms with van der Waals surface area (Å²) in [6.07, 6.45) is 1.59. The Morgan fingerprint density at radius 2 is 1.67 bits per heavy atom. The molecule has 3 rings (SSSR count). The summed E-state index contributed by atoms with van der Waals surface area (Å²) in [5, 5.41) is 8.64. The van der Waals surface area contributed by atoms with Crippen LogP contribution in [0, 0.1) is 6.92 Å². The molecule has 6 heteroatoms. The highest BCUT2D eigenvalue weighted by Crippen LogP contribution is 2.15. The number of benzene rings is 2. The predicted octanol–water partition coefficient (Wildman–Crippen LogP) is 3.57. The van der Waals surface area contributed by atoms with E-state index >= 15 is 0 Å². The Kier molecular flexibility index (Phi) is 6.02. The van der Waals surface area contributed by atoms with Crippen LogP contribution < -0.4 is 16.0 Å². The summed E-state index contributed by atoms with van der Waals surface area (Å²) in [4.78, 5) is 24.2. The maximum absolute atomic E-state index is 12.2. The molecule has 0 saturated carbocycles. The summed E-state index contributed by atoms with van der Waals surface area (Å²) in [6, 6.07) is 18.0. The van der Waals surface area contributed by atoms with Gasteiger partial charge in [0.1, 0.15) is 5.76 Å². The van der Waals surface area contributed by atoms with Crippen LogP contribution in [0.25, 0.3) is 0 Å². The first-order valence-corrected chi connectivity index (χ1v) is 8.61. The minimum atomic E-state index is -0.169. The Balaban J connectivity index is 1.48. The standard InChI is InChI=1S/C21H21N3O3/c1-15-4-2-5-16(12-15)21(26)24-18-9-7-17(8-10-18)23-20(25)14-22-13-19-6-3-11-27-19/h2-12,22H,13-14H2,1H3,(H,23,25)(H,24,26). The lowest BCUT2D eigenvalue weighted by molar-refractivity contribution is -0.115. The highest BCUT2D eigenvalue weighted by molar-refractivity contribution is 6.04. The van der Waals surface area contributed by atoms with Gasteiger partial charge in [-0.1, -0.05) is 17.7 Å².